The van der Waals surface area contributed by atoms with Crippen LogP contribution in [0.25, 0.3) is 10.2 Å². The molecule has 0 saturated heterocycles. The van der Waals surface area contributed by atoms with Crippen LogP contribution in [0.2, 0.25) is 0 Å². The van der Waals surface area contributed by atoms with E-state index >= 15 is 0 Å². The van der Waals surface area contributed by atoms with E-state index < -0.39 is 0 Å². The van der Waals surface area contributed by atoms with Gasteiger partial charge in [-0.1, -0.05) is 0 Å². The number of aryl methyl sites for hydroxylation is 1. The van der Waals surface area contributed by atoms with Crippen molar-refractivity contribution in [2.75, 3.05) is 18.6 Å². The van der Waals surface area contributed by atoms with E-state index in [1.807, 2.05) is 31.0 Å². The van der Waals surface area contributed by atoms with Gasteiger partial charge in [0, 0.05) is 7.05 Å². The van der Waals surface area contributed by atoms with Crippen LogP contribution in [0.3, 0.4) is 0 Å². The normalized spacial score (nSPS) is 10.9. The molecular weight excluding hydrogens is 314 g/mol. The number of ether oxygens (including phenoxy) is 1. The second-order valence-electron chi connectivity index (χ2n) is 5.09. The summed E-state index contributed by atoms with van der Waals surface area (Å²) < 4.78 is 10.5. The zero-order valence-corrected chi connectivity index (χ0v) is 14.0. The van der Waals surface area contributed by atoms with Crippen LogP contribution >= 0.6 is 11.3 Å². The van der Waals surface area contributed by atoms with Gasteiger partial charge in [-0.2, -0.15) is 0 Å². The first-order valence-corrected chi connectivity index (χ1v) is 8.08. The summed E-state index contributed by atoms with van der Waals surface area (Å²) >= 11 is 1.34. The Morgan fingerprint density at radius 3 is 2.96 bits per heavy atom. The zero-order chi connectivity index (χ0) is 16.4. The summed E-state index contributed by atoms with van der Waals surface area (Å²) in [6.45, 7) is 4.63. The van der Waals surface area contributed by atoms with Gasteiger partial charge in [0.1, 0.15) is 27.6 Å². The van der Waals surface area contributed by atoms with Crippen LogP contribution in [-0.2, 0) is 11.3 Å². The number of thiophene rings is 1. The van der Waals surface area contributed by atoms with Crippen molar-refractivity contribution in [1.29, 1.82) is 0 Å². The summed E-state index contributed by atoms with van der Waals surface area (Å²) in [5.74, 6) is 1.31. The van der Waals surface area contributed by atoms with Crippen molar-refractivity contribution in [3.05, 3.63) is 40.9 Å². The Kier molecular flexibility index (Phi) is 4.29. The van der Waals surface area contributed by atoms with Gasteiger partial charge in [0.25, 0.3) is 0 Å². The molecule has 0 fully saturated rings. The lowest BCUT2D eigenvalue weighted by Crippen LogP contribution is -2.17. The molecule has 0 spiro atoms. The Hall–Kier alpha value is -2.41. The van der Waals surface area contributed by atoms with Gasteiger partial charge < -0.3 is 14.1 Å². The molecule has 23 heavy (non-hydrogen) atoms. The number of esters is 1. The van der Waals surface area contributed by atoms with Crippen molar-refractivity contribution in [3.8, 4) is 0 Å². The first-order chi connectivity index (χ1) is 11.1. The number of nitrogens with zero attached hydrogens (tertiary/aromatic N) is 3. The van der Waals surface area contributed by atoms with E-state index in [0.29, 0.717) is 18.0 Å². The van der Waals surface area contributed by atoms with E-state index in [1.165, 1.54) is 17.7 Å². The summed E-state index contributed by atoms with van der Waals surface area (Å²) in [5, 5.41) is 0.884. The third-order valence-corrected chi connectivity index (χ3v) is 4.68. The van der Waals surface area contributed by atoms with Gasteiger partial charge in [-0.25, -0.2) is 14.8 Å². The van der Waals surface area contributed by atoms with Crippen LogP contribution in [0, 0.1) is 6.92 Å². The molecule has 120 valence electrons. The molecule has 6 nitrogen and oxygen atoms in total. The highest BCUT2D eigenvalue weighted by Crippen LogP contribution is 2.35. The topological polar surface area (TPSA) is 68.5 Å². The van der Waals surface area contributed by atoms with Crippen LogP contribution in [0.4, 0.5) is 5.82 Å². The van der Waals surface area contributed by atoms with Crippen LogP contribution < -0.4 is 4.90 Å². The maximum atomic E-state index is 12.1. The van der Waals surface area contributed by atoms with Crippen molar-refractivity contribution in [2.45, 2.75) is 20.4 Å². The smallest absolute Gasteiger partial charge is 0.348 e. The van der Waals surface area contributed by atoms with Gasteiger partial charge in [0.05, 0.1) is 24.8 Å². The Morgan fingerprint density at radius 2 is 2.26 bits per heavy atom. The molecule has 3 heterocycles. The second kappa shape index (κ2) is 6.37. The van der Waals surface area contributed by atoms with Crippen molar-refractivity contribution >= 4 is 33.3 Å². The van der Waals surface area contributed by atoms with Gasteiger partial charge in [-0.3, -0.25) is 0 Å². The number of carbonyl (C=O) groups is 1. The van der Waals surface area contributed by atoms with Crippen LogP contribution in [0.1, 0.15) is 27.9 Å². The largest absolute Gasteiger partial charge is 0.467 e. The molecule has 3 rings (SSSR count). The molecule has 0 aliphatic heterocycles. The molecule has 0 unspecified atom stereocenters. The van der Waals surface area contributed by atoms with E-state index in [1.54, 1.807) is 13.2 Å². The fourth-order valence-corrected chi connectivity index (χ4v) is 3.48. The molecule has 0 saturated carbocycles. The minimum Gasteiger partial charge on any atom is -0.467 e. The minimum atomic E-state index is -0.312. The SMILES string of the molecule is CCOC(=O)c1sc2ncnc(N(C)Cc3ccco3)c2c1C. The number of furan rings is 1. The van der Waals surface area contributed by atoms with E-state index in [4.69, 9.17) is 9.15 Å². The molecule has 0 atom stereocenters. The van der Waals surface area contributed by atoms with Crippen molar-refractivity contribution < 1.29 is 13.9 Å². The third kappa shape index (κ3) is 2.92. The lowest BCUT2D eigenvalue weighted by Gasteiger charge is -2.17. The van der Waals surface area contributed by atoms with Gasteiger partial charge in [0.2, 0.25) is 0 Å². The van der Waals surface area contributed by atoms with Crippen molar-refractivity contribution in [2.24, 2.45) is 0 Å². The Labute approximate surface area is 137 Å². The fraction of sp³-hybridized carbons (Fsp3) is 0.312. The summed E-state index contributed by atoms with van der Waals surface area (Å²) in [7, 11) is 1.94. The lowest BCUT2D eigenvalue weighted by molar-refractivity contribution is 0.0531. The van der Waals surface area contributed by atoms with E-state index in [2.05, 4.69) is 9.97 Å². The Morgan fingerprint density at radius 1 is 1.43 bits per heavy atom. The maximum Gasteiger partial charge on any atom is 0.348 e. The number of aromatic nitrogens is 2. The summed E-state index contributed by atoms with van der Waals surface area (Å²) in [5.41, 5.74) is 0.852. The van der Waals surface area contributed by atoms with E-state index in [-0.39, 0.29) is 5.97 Å². The highest BCUT2D eigenvalue weighted by Gasteiger charge is 2.21. The number of carbonyl (C=O) groups excluding carboxylic acids is 1. The van der Waals surface area contributed by atoms with Crippen LogP contribution in [0.5, 0.6) is 0 Å². The predicted molar refractivity (Wildman–Crippen MR) is 88.9 cm³/mol. The van der Waals surface area contributed by atoms with Gasteiger partial charge in [-0.05, 0) is 31.5 Å². The second-order valence-corrected chi connectivity index (χ2v) is 6.09. The Balaban J connectivity index is 2.02. The van der Waals surface area contributed by atoms with E-state index in [9.17, 15) is 4.79 Å². The zero-order valence-electron chi connectivity index (χ0n) is 13.2. The number of hydrogen-bond donors (Lipinski definition) is 0. The fourth-order valence-electron chi connectivity index (χ4n) is 2.44. The first-order valence-electron chi connectivity index (χ1n) is 7.26. The quantitative estimate of drug-likeness (QED) is 0.667. The molecule has 3 aromatic rings. The van der Waals surface area contributed by atoms with Crippen molar-refractivity contribution in [1.82, 2.24) is 9.97 Å². The first kappa shape index (κ1) is 15.5. The molecule has 0 aliphatic rings. The monoisotopic (exact) mass is 331 g/mol. The molecule has 3 aromatic heterocycles. The maximum absolute atomic E-state index is 12.1. The predicted octanol–water partition coefficient (Wildman–Crippen LogP) is 3.41. The van der Waals surface area contributed by atoms with Crippen LogP contribution in [0.15, 0.2) is 29.1 Å². The molecule has 0 amide bonds. The Bertz CT molecular complexity index is 827. The molecular formula is C16H17N3O3S. The highest BCUT2D eigenvalue weighted by molar-refractivity contribution is 7.20. The highest BCUT2D eigenvalue weighted by atomic mass is 32.1. The molecule has 0 aliphatic carbocycles. The van der Waals surface area contributed by atoms with Gasteiger partial charge in [0.15, 0.2) is 0 Å². The lowest BCUT2D eigenvalue weighted by atomic mass is 10.2. The standard InChI is InChI=1S/C16H17N3O3S/c1-4-21-16(20)13-10(2)12-14(17-9-18-15(12)23-13)19(3)8-11-6-5-7-22-11/h5-7,9H,4,8H2,1-3H3. The molecule has 0 bridgehead atoms. The minimum absolute atomic E-state index is 0.312. The van der Waals surface area contributed by atoms with E-state index in [0.717, 1.165) is 27.4 Å². The summed E-state index contributed by atoms with van der Waals surface area (Å²) in [6.07, 6.45) is 3.16. The molecule has 0 aromatic carbocycles. The van der Waals surface area contributed by atoms with Gasteiger partial charge in [-0.15, -0.1) is 11.3 Å². The average Bonchev–Trinajstić information content (AvgIpc) is 3.15. The number of rotatable bonds is 5. The molecule has 0 N–H and O–H groups in total. The molecule has 0 radical (unpaired) electrons. The van der Waals surface area contributed by atoms with Gasteiger partial charge >= 0.3 is 5.97 Å². The summed E-state index contributed by atoms with van der Waals surface area (Å²) in [6, 6.07) is 3.77. The number of fused-ring (bicyclic) bond motifs is 1. The molecule has 7 heteroatoms. The van der Waals surface area contributed by atoms with Crippen LogP contribution in [-0.4, -0.2) is 29.6 Å². The number of anilines is 1. The average molecular weight is 331 g/mol. The third-order valence-electron chi connectivity index (χ3n) is 3.50. The summed E-state index contributed by atoms with van der Waals surface area (Å²) in [4.78, 5) is 24.1. The number of hydrogen-bond acceptors (Lipinski definition) is 7. The van der Waals surface area contributed by atoms with Crippen molar-refractivity contribution in [3.63, 3.8) is 0 Å².